The van der Waals surface area contributed by atoms with Crippen LogP contribution in [0.15, 0.2) is 23.1 Å². The number of sulfone groups is 1. The Kier molecular flexibility index (Phi) is 3.47. The molecule has 7 nitrogen and oxygen atoms in total. The van der Waals surface area contributed by atoms with Crippen LogP contribution in [0, 0.1) is 11.3 Å². The number of nitrogens with zero attached hydrogens (tertiary/aromatic N) is 1. The van der Waals surface area contributed by atoms with Crippen molar-refractivity contribution in [1.29, 1.82) is 5.26 Å². The number of carboxylic acids is 2. The predicted molar refractivity (Wildman–Crippen MR) is 69.5 cm³/mol. The van der Waals surface area contributed by atoms with Gasteiger partial charge in [-0.05, 0) is 36.6 Å². The highest BCUT2D eigenvalue weighted by Crippen LogP contribution is 2.40. The first kappa shape index (κ1) is 15.0. The first-order valence-corrected chi connectivity index (χ1v) is 7.46. The molecule has 2 N–H and O–H groups in total. The lowest BCUT2D eigenvalue weighted by Gasteiger charge is -2.32. The number of nitriles is 1. The van der Waals surface area contributed by atoms with Crippen LogP contribution in [0.4, 0.5) is 0 Å². The van der Waals surface area contributed by atoms with Crippen molar-refractivity contribution in [3.8, 4) is 6.07 Å². The average Bonchev–Trinajstić information content (AvgIpc) is 2.41. The van der Waals surface area contributed by atoms with E-state index >= 15 is 0 Å². The quantitative estimate of drug-likeness (QED) is 0.845. The van der Waals surface area contributed by atoms with Gasteiger partial charge in [0.05, 0.1) is 22.9 Å². The molecule has 0 saturated heterocycles. The molecule has 1 heterocycles. The number of hydrogen-bond donors (Lipinski definition) is 2. The van der Waals surface area contributed by atoms with Crippen molar-refractivity contribution in [1.82, 2.24) is 0 Å². The fourth-order valence-corrected chi connectivity index (χ4v) is 4.49. The fourth-order valence-electron chi connectivity index (χ4n) is 2.46. The molecule has 0 bridgehead atoms. The minimum absolute atomic E-state index is 0.0629. The molecular formula is C13H11NO6S. The summed E-state index contributed by atoms with van der Waals surface area (Å²) in [6.45, 7) is 0. The molecule has 1 aliphatic rings. The number of carbonyl (C=O) groups is 2. The Bertz CT molecular complexity index is 776. The summed E-state index contributed by atoms with van der Waals surface area (Å²) in [6.07, 6.45) is -0.817. The predicted octanol–water partition coefficient (Wildman–Crippen LogP) is 0.842. The summed E-state index contributed by atoms with van der Waals surface area (Å²) in [4.78, 5) is 22.1. The van der Waals surface area contributed by atoms with Crippen molar-refractivity contribution in [3.05, 3.63) is 29.3 Å². The van der Waals surface area contributed by atoms with Crippen LogP contribution in [0.2, 0.25) is 0 Å². The molecular weight excluding hydrogens is 298 g/mol. The normalized spacial score (nSPS) is 22.8. The Morgan fingerprint density at radius 3 is 2.52 bits per heavy atom. The van der Waals surface area contributed by atoms with Crippen molar-refractivity contribution in [2.45, 2.75) is 28.9 Å². The largest absolute Gasteiger partial charge is 0.480 e. The molecule has 0 aliphatic carbocycles. The van der Waals surface area contributed by atoms with Gasteiger partial charge in [-0.25, -0.2) is 13.2 Å². The molecule has 8 heteroatoms. The summed E-state index contributed by atoms with van der Waals surface area (Å²) in [6, 6.07) is 5.06. The van der Waals surface area contributed by atoms with Gasteiger partial charge in [0.15, 0.2) is 14.6 Å². The second-order valence-electron chi connectivity index (χ2n) is 4.77. The van der Waals surface area contributed by atoms with E-state index in [2.05, 4.69) is 0 Å². The topological polar surface area (TPSA) is 133 Å². The Labute approximate surface area is 120 Å². The van der Waals surface area contributed by atoms with Gasteiger partial charge in [0.1, 0.15) is 0 Å². The Balaban J connectivity index is 2.67. The highest BCUT2D eigenvalue weighted by molar-refractivity contribution is 7.93. The van der Waals surface area contributed by atoms with Crippen LogP contribution in [0.25, 0.3) is 0 Å². The van der Waals surface area contributed by atoms with Crippen LogP contribution < -0.4 is 0 Å². The minimum atomic E-state index is -4.26. The van der Waals surface area contributed by atoms with Crippen LogP contribution in [0.5, 0.6) is 0 Å². The van der Waals surface area contributed by atoms with Gasteiger partial charge < -0.3 is 10.2 Å². The maximum Gasteiger partial charge on any atom is 0.335 e. The third-order valence-electron chi connectivity index (χ3n) is 3.66. The zero-order valence-corrected chi connectivity index (χ0v) is 11.6. The molecule has 21 heavy (non-hydrogen) atoms. The highest BCUT2D eigenvalue weighted by Gasteiger charge is 2.54. The molecule has 0 amide bonds. The van der Waals surface area contributed by atoms with E-state index in [4.69, 9.17) is 10.4 Å². The number of aliphatic carboxylic acids is 1. The van der Waals surface area contributed by atoms with Crippen LogP contribution in [-0.2, 0) is 21.1 Å². The van der Waals surface area contributed by atoms with Crippen molar-refractivity contribution in [3.63, 3.8) is 0 Å². The van der Waals surface area contributed by atoms with Gasteiger partial charge in [0.25, 0.3) is 0 Å². The number of aryl methyl sites for hydroxylation is 1. The van der Waals surface area contributed by atoms with E-state index in [1.54, 1.807) is 6.07 Å². The molecule has 1 aromatic rings. The number of fused-ring (bicyclic) bond motifs is 1. The Hall–Kier alpha value is -2.40. The second kappa shape index (κ2) is 4.86. The van der Waals surface area contributed by atoms with E-state index in [0.29, 0.717) is 0 Å². The van der Waals surface area contributed by atoms with Crippen LogP contribution >= 0.6 is 0 Å². The molecule has 0 fully saturated rings. The number of rotatable bonds is 3. The molecule has 0 saturated carbocycles. The molecule has 0 spiro atoms. The summed E-state index contributed by atoms with van der Waals surface area (Å²) in [5.41, 5.74) is 0.205. The summed E-state index contributed by atoms with van der Waals surface area (Å²) >= 11 is 0. The SMILES string of the molecule is N#CCC1(C(=O)O)CCc2cc(C(=O)O)ccc2S1(=O)=O. The van der Waals surface area contributed by atoms with Gasteiger partial charge in [-0.15, -0.1) is 0 Å². The molecule has 1 unspecified atom stereocenters. The molecule has 0 radical (unpaired) electrons. The first-order chi connectivity index (χ1) is 9.76. The van der Waals surface area contributed by atoms with Gasteiger partial charge >= 0.3 is 11.9 Å². The molecule has 1 aromatic carbocycles. The van der Waals surface area contributed by atoms with E-state index in [1.807, 2.05) is 0 Å². The van der Waals surface area contributed by atoms with Gasteiger partial charge in [0.2, 0.25) is 0 Å². The van der Waals surface area contributed by atoms with Gasteiger partial charge in [0, 0.05) is 0 Å². The number of carboxylic acid groups (broad SMARTS) is 2. The van der Waals surface area contributed by atoms with E-state index in [1.165, 1.54) is 6.07 Å². The lowest BCUT2D eigenvalue weighted by atomic mass is 9.94. The monoisotopic (exact) mass is 309 g/mol. The lowest BCUT2D eigenvalue weighted by molar-refractivity contribution is -0.140. The van der Waals surface area contributed by atoms with Gasteiger partial charge in [-0.2, -0.15) is 5.26 Å². The molecule has 110 valence electrons. The zero-order valence-electron chi connectivity index (χ0n) is 10.7. The van der Waals surface area contributed by atoms with Crippen LogP contribution in [0.1, 0.15) is 28.8 Å². The second-order valence-corrected chi connectivity index (χ2v) is 6.99. The summed E-state index contributed by atoms with van der Waals surface area (Å²) in [5.74, 6) is -2.75. The van der Waals surface area contributed by atoms with E-state index < -0.39 is 32.9 Å². The maximum atomic E-state index is 12.6. The fraction of sp³-hybridized carbons (Fsp3) is 0.308. The summed E-state index contributed by atoms with van der Waals surface area (Å²) in [5, 5.41) is 27.0. The molecule has 0 aromatic heterocycles. The van der Waals surface area contributed by atoms with E-state index in [0.717, 1.165) is 12.1 Å². The average molecular weight is 309 g/mol. The summed E-state index contributed by atoms with van der Waals surface area (Å²) in [7, 11) is -4.26. The van der Waals surface area contributed by atoms with E-state index in [9.17, 15) is 23.1 Å². The van der Waals surface area contributed by atoms with Gasteiger partial charge in [-0.1, -0.05) is 0 Å². The standard InChI is InChI=1S/C13H11NO6S/c14-6-5-13(12(17)18)4-3-8-7-9(11(15)16)1-2-10(8)21(13,19)20/h1-2,7H,3-5H2,(H,15,16)(H,17,18). The molecule has 1 atom stereocenters. The smallest absolute Gasteiger partial charge is 0.335 e. The lowest BCUT2D eigenvalue weighted by Crippen LogP contribution is -2.49. The van der Waals surface area contributed by atoms with Crippen molar-refractivity contribution in [2.75, 3.05) is 0 Å². The van der Waals surface area contributed by atoms with Crippen molar-refractivity contribution < 1.29 is 28.2 Å². The van der Waals surface area contributed by atoms with Gasteiger partial charge in [-0.3, -0.25) is 4.79 Å². The highest BCUT2D eigenvalue weighted by atomic mass is 32.2. The Morgan fingerprint density at radius 1 is 1.33 bits per heavy atom. The zero-order chi connectivity index (χ0) is 15.8. The minimum Gasteiger partial charge on any atom is -0.480 e. The van der Waals surface area contributed by atoms with Crippen molar-refractivity contribution >= 4 is 21.8 Å². The number of benzene rings is 1. The van der Waals surface area contributed by atoms with Crippen molar-refractivity contribution in [2.24, 2.45) is 0 Å². The number of hydrogen-bond acceptors (Lipinski definition) is 5. The number of aromatic carboxylic acids is 1. The first-order valence-electron chi connectivity index (χ1n) is 5.97. The molecule has 2 rings (SSSR count). The Morgan fingerprint density at radius 2 is 2.00 bits per heavy atom. The van der Waals surface area contributed by atoms with E-state index in [-0.39, 0.29) is 28.9 Å². The van der Waals surface area contributed by atoms with Crippen LogP contribution in [0.3, 0.4) is 0 Å². The third kappa shape index (κ3) is 2.06. The third-order valence-corrected chi connectivity index (χ3v) is 6.19. The summed E-state index contributed by atoms with van der Waals surface area (Å²) < 4.78 is 23.0. The molecule has 1 aliphatic heterocycles. The van der Waals surface area contributed by atoms with Crippen LogP contribution in [-0.4, -0.2) is 35.3 Å². The maximum absolute atomic E-state index is 12.6.